The van der Waals surface area contributed by atoms with Gasteiger partial charge >= 0.3 is 0 Å². The van der Waals surface area contributed by atoms with Gasteiger partial charge in [-0.25, -0.2) is 8.42 Å². The maximum Gasteiger partial charge on any atom is 0.246 e. The van der Waals surface area contributed by atoms with Crippen LogP contribution in [-0.2, 0) is 14.8 Å². The quantitative estimate of drug-likeness (QED) is 0.588. The second-order valence-electron chi connectivity index (χ2n) is 6.09. The van der Waals surface area contributed by atoms with Crippen LogP contribution in [-0.4, -0.2) is 69.6 Å². The molecule has 0 fully saturated rings. The van der Waals surface area contributed by atoms with Crippen molar-refractivity contribution in [1.29, 1.82) is 0 Å². The van der Waals surface area contributed by atoms with Crippen molar-refractivity contribution in [2.24, 2.45) is 0 Å². The summed E-state index contributed by atoms with van der Waals surface area (Å²) in [6, 6.07) is 4.63. The summed E-state index contributed by atoms with van der Waals surface area (Å²) in [5, 5.41) is 2.67. The normalized spacial score (nSPS) is 20.0. The number of fused-ring (bicyclic) bond motifs is 1. The largest absolute Gasteiger partial charge is 0.354 e. The second kappa shape index (κ2) is 7.42. The Balaban J connectivity index is 2.11. The van der Waals surface area contributed by atoms with Gasteiger partial charge in [-0.2, -0.15) is 4.31 Å². The highest BCUT2D eigenvalue weighted by molar-refractivity contribution is 7.89. The van der Waals surface area contributed by atoms with E-state index in [2.05, 4.69) is 5.32 Å². The van der Waals surface area contributed by atoms with Gasteiger partial charge in [-0.05, 0) is 45.6 Å². The number of unbranched alkanes of at least 4 members (excludes halogenated alkanes) is 1. The summed E-state index contributed by atoms with van der Waals surface area (Å²) < 4.78 is 25.9. The summed E-state index contributed by atoms with van der Waals surface area (Å²) >= 11 is 0. The van der Waals surface area contributed by atoms with Crippen molar-refractivity contribution < 1.29 is 18.0 Å². The number of amides is 1. The smallest absolute Gasteiger partial charge is 0.246 e. The minimum absolute atomic E-state index is 0.0486. The van der Waals surface area contributed by atoms with Crippen LogP contribution < -0.4 is 5.32 Å². The molecule has 1 heterocycles. The molecule has 1 atom stereocenters. The summed E-state index contributed by atoms with van der Waals surface area (Å²) in [6.07, 6.45) is 1.67. The fraction of sp³-hybridized carbons (Fsp3) is 0.500. The standard InChI is InChI=1S/C16H23N3O4S/c1-18(2)11-7-6-10-17-16(21)14-15(20)12-8-4-5-9-13(12)24(22,23)19(14)3/h4-5,8-9,14H,6-7,10-11H2,1-3H3,(H,17,21). The van der Waals surface area contributed by atoms with Crippen LogP contribution in [0.5, 0.6) is 0 Å². The summed E-state index contributed by atoms with van der Waals surface area (Å²) in [4.78, 5) is 26.9. The lowest BCUT2D eigenvalue weighted by molar-refractivity contribution is -0.123. The zero-order valence-electron chi connectivity index (χ0n) is 14.2. The average molecular weight is 353 g/mol. The summed E-state index contributed by atoms with van der Waals surface area (Å²) in [5.41, 5.74) is 0.0726. The van der Waals surface area contributed by atoms with Crippen LogP contribution in [0.3, 0.4) is 0 Å². The Morgan fingerprint density at radius 2 is 1.92 bits per heavy atom. The van der Waals surface area contributed by atoms with Gasteiger partial charge in [0.2, 0.25) is 15.9 Å². The number of hydrogen-bond donors (Lipinski definition) is 1. The third-order valence-electron chi connectivity index (χ3n) is 4.00. The van der Waals surface area contributed by atoms with Gasteiger partial charge in [0.1, 0.15) is 0 Å². The minimum atomic E-state index is -3.85. The van der Waals surface area contributed by atoms with Crippen LogP contribution in [0.1, 0.15) is 23.2 Å². The van der Waals surface area contributed by atoms with E-state index in [0.29, 0.717) is 6.54 Å². The lowest BCUT2D eigenvalue weighted by atomic mass is 10.0. The molecule has 8 heteroatoms. The number of ketones is 1. The van der Waals surface area contributed by atoms with Gasteiger partial charge in [-0.1, -0.05) is 12.1 Å². The SMILES string of the molecule is CN(C)CCCCNC(=O)C1C(=O)c2ccccc2S(=O)(=O)N1C. The Hall–Kier alpha value is -1.77. The average Bonchev–Trinajstić information content (AvgIpc) is 2.53. The van der Waals surface area contributed by atoms with Gasteiger partial charge < -0.3 is 10.2 Å². The molecule has 7 nitrogen and oxygen atoms in total. The molecular weight excluding hydrogens is 330 g/mol. The monoisotopic (exact) mass is 353 g/mol. The fourth-order valence-electron chi connectivity index (χ4n) is 2.65. The van der Waals surface area contributed by atoms with Gasteiger partial charge in [-0.15, -0.1) is 0 Å². The number of likely N-dealkylation sites (N-methyl/N-ethyl adjacent to an activating group) is 1. The molecule has 1 aliphatic heterocycles. The molecule has 132 valence electrons. The number of carbonyl (C=O) groups excluding carboxylic acids is 2. The summed E-state index contributed by atoms with van der Waals surface area (Å²) in [5.74, 6) is -1.07. The van der Waals surface area contributed by atoms with Crippen LogP contribution in [0, 0.1) is 0 Å². The van der Waals surface area contributed by atoms with Crippen LogP contribution in [0.15, 0.2) is 29.2 Å². The van der Waals surface area contributed by atoms with Crippen molar-refractivity contribution in [3.8, 4) is 0 Å². The Bertz CT molecular complexity index is 731. The molecular formula is C16H23N3O4S. The number of sulfonamides is 1. The Labute approximate surface area is 142 Å². The molecule has 0 saturated heterocycles. The Morgan fingerprint density at radius 3 is 2.58 bits per heavy atom. The Kier molecular flexibility index (Phi) is 5.74. The predicted molar refractivity (Wildman–Crippen MR) is 90.3 cm³/mol. The first-order valence-electron chi connectivity index (χ1n) is 7.80. The van der Waals surface area contributed by atoms with E-state index in [1.807, 2.05) is 19.0 Å². The molecule has 1 amide bonds. The molecule has 24 heavy (non-hydrogen) atoms. The molecule has 1 unspecified atom stereocenters. The van der Waals surface area contributed by atoms with Gasteiger partial charge in [0.15, 0.2) is 11.8 Å². The van der Waals surface area contributed by atoms with Crippen molar-refractivity contribution in [1.82, 2.24) is 14.5 Å². The highest BCUT2D eigenvalue weighted by Gasteiger charge is 2.45. The maximum absolute atomic E-state index is 12.6. The molecule has 0 spiro atoms. The van der Waals surface area contributed by atoms with E-state index in [0.717, 1.165) is 23.7 Å². The van der Waals surface area contributed by atoms with Gasteiger partial charge in [0.25, 0.3) is 0 Å². The lowest BCUT2D eigenvalue weighted by Gasteiger charge is -2.31. The molecule has 0 bridgehead atoms. The highest BCUT2D eigenvalue weighted by atomic mass is 32.2. The summed E-state index contributed by atoms with van der Waals surface area (Å²) in [6.45, 7) is 1.31. The molecule has 0 radical (unpaired) electrons. The first-order chi connectivity index (χ1) is 11.3. The van der Waals surface area contributed by atoms with E-state index < -0.39 is 27.8 Å². The van der Waals surface area contributed by atoms with Crippen LogP contribution in [0.25, 0.3) is 0 Å². The number of benzene rings is 1. The van der Waals surface area contributed by atoms with E-state index in [4.69, 9.17) is 0 Å². The van der Waals surface area contributed by atoms with Crippen molar-refractivity contribution in [2.75, 3.05) is 34.2 Å². The van der Waals surface area contributed by atoms with E-state index in [1.54, 1.807) is 12.1 Å². The van der Waals surface area contributed by atoms with Crippen molar-refractivity contribution in [2.45, 2.75) is 23.8 Å². The molecule has 0 aliphatic carbocycles. The molecule has 1 aromatic carbocycles. The van der Waals surface area contributed by atoms with Crippen molar-refractivity contribution >= 4 is 21.7 Å². The zero-order valence-corrected chi connectivity index (χ0v) is 15.0. The number of nitrogens with one attached hydrogen (secondary N) is 1. The second-order valence-corrected chi connectivity index (χ2v) is 8.05. The van der Waals surface area contributed by atoms with E-state index in [9.17, 15) is 18.0 Å². The minimum Gasteiger partial charge on any atom is -0.354 e. The number of nitrogens with zero attached hydrogens (tertiary/aromatic N) is 2. The molecule has 1 N–H and O–H groups in total. The fourth-order valence-corrected chi connectivity index (χ4v) is 4.12. The number of Topliss-reactive ketones (excluding diaryl/α,β-unsaturated/α-hetero) is 1. The lowest BCUT2D eigenvalue weighted by Crippen LogP contribution is -2.55. The number of hydrogen-bond acceptors (Lipinski definition) is 5. The highest BCUT2D eigenvalue weighted by Crippen LogP contribution is 2.28. The van der Waals surface area contributed by atoms with E-state index >= 15 is 0 Å². The van der Waals surface area contributed by atoms with Crippen LogP contribution in [0.2, 0.25) is 0 Å². The molecule has 2 rings (SSSR count). The molecule has 1 aliphatic rings. The first kappa shape index (κ1) is 18.6. The van der Waals surface area contributed by atoms with Crippen LogP contribution >= 0.6 is 0 Å². The maximum atomic E-state index is 12.6. The topological polar surface area (TPSA) is 86.8 Å². The first-order valence-corrected chi connectivity index (χ1v) is 9.24. The van der Waals surface area contributed by atoms with E-state index in [-0.39, 0.29) is 10.5 Å². The Morgan fingerprint density at radius 1 is 1.25 bits per heavy atom. The van der Waals surface area contributed by atoms with Gasteiger partial charge in [0.05, 0.1) is 4.90 Å². The summed E-state index contributed by atoms with van der Waals surface area (Å²) in [7, 11) is 1.35. The number of carbonyl (C=O) groups is 2. The number of rotatable bonds is 6. The predicted octanol–water partition coefficient (Wildman–Crippen LogP) is 0.330. The van der Waals surface area contributed by atoms with Gasteiger partial charge in [0, 0.05) is 19.2 Å². The van der Waals surface area contributed by atoms with E-state index in [1.165, 1.54) is 19.2 Å². The third-order valence-corrected chi connectivity index (χ3v) is 5.88. The van der Waals surface area contributed by atoms with Gasteiger partial charge in [-0.3, -0.25) is 9.59 Å². The molecule has 0 saturated carbocycles. The molecule has 1 aromatic rings. The van der Waals surface area contributed by atoms with Crippen molar-refractivity contribution in [3.05, 3.63) is 29.8 Å². The van der Waals surface area contributed by atoms with Crippen LogP contribution in [0.4, 0.5) is 0 Å². The third kappa shape index (κ3) is 3.66. The van der Waals surface area contributed by atoms with Crippen molar-refractivity contribution in [3.63, 3.8) is 0 Å². The zero-order chi connectivity index (χ0) is 17.9. The molecule has 0 aromatic heterocycles.